The lowest BCUT2D eigenvalue weighted by molar-refractivity contribution is 0.525. The number of hydrogen-bond acceptors (Lipinski definition) is 2. The Morgan fingerprint density at radius 3 is 2.30 bits per heavy atom. The molecule has 2 nitrogen and oxygen atoms in total. The van der Waals surface area contributed by atoms with Crippen molar-refractivity contribution in [3.63, 3.8) is 0 Å². The maximum Gasteiger partial charge on any atom is 0.101 e. The SMILES string of the molecule is CCNC(c1ccc(CC(C)C)cc1)c1coc(C)c1. The summed E-state index contributed by atoms with van der Waals surface area (Å²) in [7, 11) is 0. The van der Waals surface area contributed by atoms with Crippen LogP contribution in [0.5, 0.6) is 0 Å². The van der Waals surface area contributed by atoms with Gasteiger partial charge in [0.15, 0.2) is 0 Å². The lowest BCUT2D eigenvalue weighted by Crippen LogP contribution is -2.21. The van der Waals surface area contributed by atoms with E-state index in [-0.39, 0.29) is 6.04 Å². The zero-order valence-electron chi connectivity index (χ0n) is 12.9. The quantitative estimate of drug-likeness (QED) is 0.837. The summed E-state index contributed by atoms with van der Waals surface area (Å²) in [5.41, 5.74) is 3.89. The Labute approximate surface area is 122 Å². The van der Waals surface area contributed by atoms with E-state index in [1.54, 1.807) is 0 Å². The summed E-state index contributed by atoms with van der Waals surface area (Å²) >= 11 is 0. The normalized spacial score (nSPS) is 12.8. The van der Waals surface area contributed by atoms with Crippen molar-refractivity contribution >= 4 is 0 Å². The minimum Gasteiger partial charge on any atom is -0.469 e. The van der Waals surface area contributed by atoms with Gasteiger partial charge in [-0.15, -0.1) is 0 Å². The van der Waals surface area contributed by atoms with E-state index in [2.05, 4.69) is 56.4 Å². The molecule has 1 aromatic carbocycles. The summed E-state index contributed by atoms with van der Waals surface area (Å²) in [5, 5.41) is 3.53. The molecule has 1 N–H and O–H groups in total. The Hall–Kier alpha value is -1.54. The first-order valence-electron chi connectivity index (χ1n) is 7.47. The van der Waals surface area contributed by atoms with Crippen LogP contribution in [-0.2, 0) is 6.42 Å². The van der Waals surface area contributed by atoms with Gasteiger partial charge in [-0.25, -0.2) is 0 Å². The second-order valence-electron chi connectivity index (χ2n) is 5.82. The van der Waals surface area contributed by atoms with Crippen LogP contribution in [0.25, 0.3) is 0 Å². The van der Waals surface area contributed by atoms with E-state index in [9.17, 15) is 0 Å². The molecule has 0 spiro atoms. The highest BCUT2D eigenvalue weighted by molar-refractivity contribution is 5.33. The summed E-state index contributed by atoms with van der Waals surface area (Å²) < 4.78 is 5.45. The van der Waals surface area contributed by atoms with Crippen molar-refractivity contribution in [2.75, 3.05) is 6.54 Å². The van der Waals surface area contributed by atoms with E-state index in [0.717, 1.165) is 18.7 Å². The number of benzene rings is 1. The van der Waals surface area contributed by atoms with E-state index < -0.39 is 0 Å². The van der Waals surface area contributed by atoms with Gasteiger partial charge in [-0.3, -0.25) is 0 Å². The summed E-state index contributed by atoms with van der Waals surface area (Å²) in [6, 6.07) is 11.3. The van der Waals surface area contributed by atoms with Gasteiger partial charge in [0, 0.05) is 5.56 Å². The first kappa shape index (κ1) is 14.9. The molecule has 2 rings (SSSR count). The fourth-order valence-corrected chi connectivity index (χ4v) is 2.56. The first-order valence-corrected chi connectivity index (χ1v) is 7.47. The molecule has 0 aliphatic carbocycles. The summed E-state index contributed by atoms with van der Waals surface area (Å²) in [6.07, 6.45) is 2.99. The Kier molecular flexibility index (Phi) is 5.02. The van der Waals surface area contributed by atoms with Crippen LogP contribution in [0.15, 0.2) is 41.0 Å². The number of furan rings is 1. The molecular formula is C18H25NO. The molecule has 0 aliphatic rings. The Morgan fingerprint density at radius 2 is 1.80 bits per heavy atom. The number of hydrogen-bond donors (Lipinski definition) is 1. The van der Waals surface area contributed by atoms with Crippen molar-refractivity contribution in [2.45, 2.75) is 40.2 Å². The molecule has 2 aromatic rings. The predicted molar refractivity (Wildman–Crippen MR) is 83.9 cm³/mol. The molecule has 0 amide bonds. The minimum absolute atomic E-state index is 0.213. The van der Waals surface area contributed by atoms with Crippen molar-refractivity contribution < 1.29 is 4.42 Å². The number of nitrogens with one attached hydrogen (secondary N) is 1. The van der Waals surface area contributed by atoms with Gasteiger partial charge in [0.05, 0.1) is 12.3 Å². The Bertz CT molecular complexity index is 525. The van der Waals surface area contributed by atoms with Crippen molar-refractivity contribution in [3.05, 3.63) is 59.0 Å². The van der Waals surface area contributed by atoms with Crippen LogP contribution < -0.4 is 5.32 Å². The van der Waals surface area contributed by atoms with Crippen LogP contribution >= 0.6 is 0 Å². The maximum atomic E-state index is 5.45. The predicted octanol–water partition coefficient (Wildman–Crippen LogP) is 4.49. The zero-order chi connectivity index (χ0) is 14.5. The van der Waals surface area contributed by atoms with Crippen molar-refractivity contribution in [2.24, 2.45) is 5.92 Å². The number of aryl methyl sites for hydroxylation is 1. The Morgan fingerprint density at radius 1 is 1.10 bits per heavy atom. The summed E-state index contributed by atoms with van der Waals surface area (Å²) in [5.74, 6) is 1.65. The minimum atomic E-state index is 0.213. The molecule has 1 unspecified atom stereocenters. The molecule has 0 bridgehead atoms. The third-order valence-electron chi connectivity index (χ3n) is 3.45. The van der Waals surface area contributed by atoms with Gasteiger partial charge >= 0.3 is 0 Å². The molecule has 2 heteroatoms. The van der Waals surface area contributed by atoms with E-state index in [1.807, 2.05) is 13.2 Å². The maximum absolute atomic E-state index is 5.45. The van der Waals surface area contributed by atoms with Gasteiger partial charge in [0.25, 0.3) is 0 Å². The fourth-order valence-electron chi connectivity index (χ4n) is 2.56. The molecule has 1 atom stereocenters. The Balaban J connectivity index is 2.21. The monoisotopic (exact) mass is 271 g/mol. The van der Waals surface area contributed by atoms with Gasteiger partial charge in [-0.05, 0) is 43.0 Å². The van der Waals surface area contributed by atoms with Gasteiger partial charge in [0.2, 0.25) is 0 Å². The molecule has 0 radical (unpaired) electrons. The molecule has 0 aliphatic heterocycles. The van der Waals surface area contributed by atoms with Crippen LogP contribution in [0.4, 0.5) is 0 Å². The molecule has 1 aromatic heterocycles. The van der Waals surface area contributed by atoms with E-state index in [0.29, 0.717) is 5.92 Å². The standard InChI is InChI=1S/C18H25NO/c1-5-19-18(17-11-14(4)20-12-17)16-8-6-15(7-9-16)10-13(2)3/h6-9,11-13,18-19H,5,10H2,1-4H3. The smallest absolute Gasteiger partial charge is 0.101 e. The van der Waals surface area contributed by atoms with Crippen LogP contribution in [0.2, 0.25) is 0 Å². The third-order valence-corrected chi connectivity index (χ3v) is 3.45. The van der Waals surface area contributed by atoms with Crippen LogP contribution in [-0.4, -0.2) is 6.54 Å². The zero-order valence-corrected chi connectivity index (χ0v) is 12.9. The van der Waals surface area contributed by atoms with E-state index >= 15 is 0 Å². The second kappa shape index (κ2) is 6.76. The number of rotatable bonds is 6. The average molecular weight is 271 g/mol. The van der Waals surface area contributed by atoms with Crippen LogP contribution in [0.1, 0.15) is 49.3 Å². The van der Waals surface area contributed by atoms with E-state index in [1.165, 1.54) is 16.7 Å². The lowest BCUT2D eigenvalue weighted by Gasteiger charge is -2.17. The molecule has 0 saturated carbocycles. The summed E-state index contributed by atoms with van der Waals surface area (Å²) in [6.45, 7) is 9.56. The molecule has 1 heterocycles. The lowest BCUT2D eigenvalue weighted by atomic mass is 9.97. The van der Waals surface area contributed by atoms with Crippen molar-refractivity contribution in [3.8, 4) is 0 Å². The van der Waals surface area contributed by atoms with Gasteiger partial charge in [-0.1, -0.05) is 45.0 Å². The van der Waals surface area contributed by atoms with Crippen LogP contribution in [0.3, 0.4) is 0 Å². The molecular weight excluding hydrogens is 246 g/mol. The van der Waals surface area contributed by atoms with Gasteiger partial charge in [-0.2, -0.15) is 0 Å². The van der Waals surface area contributed by atoms with E-state index in [4.69, 9.17) is 4.42 Å². The molecule has 0 fully saturated rings. The highest BCUT2D eigenvalue weighted by Gasteiger charge is 2.15. The average Bonchev–Trinajstić information content (AvgIpc) is 2.83. The summed E-state index contributed by atoms with van der Waals surface area (Å²) in [4.78, 5) is 0. The molecule has 0 saturated heterocycles. The van der Waals surface area contributed by atoms with Crippen molar-refractivity contribution in [1.29, 1.82) is 0 Å². The first-order chi connectivity index (χ1) is 9.60. The largest absolute Gasteiger partial charge is 0.469 e. The highest BCUT2D eigenvalue weighted by atomic mass is 16.3. The fraction of sp³-hybridized carbons (Fsp3) is 0.444. The van der Waals surface area contributed by atoms with Gasteiger partial charge < -0.3 is 9.73 Å². The molecule has 108 valence electrons. The van der Waals surface area contributed by atoms with Crippen molar-refractivity contribution in [1.82, 2.24) is 5.32 Å². The second-order valence-corrected chi connectivity index (χ2v) is 5.82. The topological polar surface area (TPSA) is 25.2 Å². The molecule has 20 heavy (non-hydrogen) atoms. The van der Waals surface area contributed by atoms with Crippen LogP contribution in [0, 0.1) is 12.8 Å². The third kappa shape index (κ3) is 3.73. The van der Waals surface area contributed by atoms with Gasteiger partial charge in [0.1, 0.15) is 5.76 Å². The highest BCUT2D eigenvalue weighted by Crippen LogP contribution is 2.24.